The van der Waals surface area contributed by atoms with E-state index in [9.17, 15) is 0 Å². The van der Waals surface area contributed by atoms with Crippen molar-refractivity contribution < 1.29 is 0 Å². The van der Waals surface area contributed by atoms with Gasteiger partial charge < -0.3 is 10.6 Å². The third-order valence-electron chi connectivity index (χ3n) is 4.18. The molecule has 0 aliphatic heterocycles. The Balaban J connectivity index is 2.62. The summed E-state index contributed by atoms with van der Waals surface area (Å²) in [7, 11) is 4.32. The van der Waals surface area contributed by atoms with Gasteiger partial charge in [0, 0.05) is 31.7 Å². The Kier molecular flexibility index (Phi) is 7.96. The Hall–Kier alpha value is -0.120. The zero-order valence-electron chi connectivity index (χ0n) is 13.6. The number of hydrogen-bond donors (Lipinski definition) is 1. The van der Waals surface area contributed by atoms with Gasteiger partial charge in [0.1, 0.15) is 0 Å². The van der Waals surface area contributed by atoms with Crippen LogP contribution in [0.25, 0.3) is 0 Å². The molecular formula is C16H35N3. The molecule has 0 amide bonds. The molecule has 19 heavy (non-hydrogen) atoms. The standard InChI is InChI=1S/C16H35N3/c1-14(2)13-19(12-11-18(3)4)16-10-8-6-5-7-9-15(16)17/h14-16H,5-13,17H2,1-4H3. The summed E-state index contributed by atoms with van der Waals surface area (Å²) in [4.78, 5) is 4.95. The third kappa shape index (κ3) is 6.73. The lowest BCUT2D eigenvalue weighted by Gasteiger charge is -2.38. The van der Waals surface area contributed by atoms with Crippen LogP contribution < -0.4 is 5.73 Å². The van der Waals surface area contributed by atoms with Crippen LogP contribution in [0, 0.1) is 5.92 Å². The molecule has 2 N–H and O–H groups in total. The molecule has 1 saturated carbocycles. The third-order valence-corrected chi connectivity index (χ3v) is 4.18. The summed E-state index contributed by atoms with van der Waals surface area (Å²) in [6.45, 7) is 8.11. The van der Waals surface area contributed by atoms with Crippen molar-refractivity contribution in [3.63, 3.8) is 0 Å². The monoisotopic (exact) mass is 269 g/mol. The zero-order chi connectivity index (χ0) is 14.3. The maximum atomic E-state index is 6.48. The van der Waals surface area contributed by atoms with Crippen molar-refractivity contribution in [1.29, 1.82) is 0 Å². The maximum Gasteiger partial charge on any atom is 0.0247 e. The lowest BCUT2D eigenvalue weighted by molar-refractivity contribution is 0.123. The number of rotatable bonds is 6. The first-order valence-corrected chi connectivity index (χ1v) is 8.15. The summed E-state index contributed by atoms with van der Waals surface area (Å²) in [6, 6.07) is 0.976. The topological polar surface area (TPSA) is 32.5 Å². The lowest BCUT2D eigenvalue weighted by Crippen LogP contribution is -2.51. The number of hydrogen-bond acceptors (Lipinski definition) is 3. The average Bonchev–Trinajstić information content (AvgIpc) is 2.30. The molecule has 1 aliphatic rings. The van der Waals surface area contributed by atoms with E-state index in [4.69, 9.17) is 5.73 Å². The molecule has 2 atom stereocenters. The summed E-state index contributed by atoms with van der Waals surface area (Å²) < 4.78 is 0. The minimum atomic E-state index is 0.376. The van der Waals surface area contributed by atoms with Gasteiger partial charge in [-0.1, -0.05) is 39.5 Å². The Bertz CT molecular complexity index is 228. The first-order chi connectivity index (χ1) is 9.00. The SMILES string of the molecule is CC(C)CN(CCN(C)C)C1CCCCCCC1N. The molecule has 1 aliphatic carbocycles. The molecule has 0 bridgehead atoms. The van der Waals surface area contributed by atoms with E-state index in [-0.39, 0.29) is 0 Å². The predicted molar refractivity (Wildman–Crippen MR) is 84.4 cm³/mol. The molecule has 3 nitrogen and oxygen atoms in total. The van der Waals surface area contributed by atoms with Crippen LogP contribution in [0.3, 0.4) is 0 Å². The fourth-order valence-electron chi connectivity index (χ4n) is 3.14. The van der Waals surface area contributed by atoms with Gasteiger partial charge in [-0.25, -0.2) is 0 Å². The molecule has 1 rings (SSSR count). The van der Waals surface area contributed by atoms with Crippen molar-refractivity contribution in [3.8, 4) is 0 Å². The summed E-state index contributed by atoms with van der Waals surface area (Å²) in [5.74, 6) is 0.722. The van der Waals surface area contributed by atoms with Crippen LogP contribution in [-0.4, -0.2) is 55.6 Å². The molecule has 0 saturated heterocycles. The molecule has 2 unspecified atom stereocenters. The minimum Gasteiger partial charge on any atom is -0.326 e. The van der Waals surface area contributed by atoms with Gasteiger partial charge in [-0.2, -0.15) is 0 Å². The first kappa shape index (κ1) is 16.9. The van der Waals surface area contributed by atoms with E-state index in [0.717, 1.165) is 19.0 Å². The van der Waals surface area contributed by atoms with E-state index >= 15 is 0 Å². The quantitative estimate of drug-likeness (QED) is 0.804. The van der Waals surface area contributed by atoms with E-state index in [1.807, 2.05) is 0 Å². The second kappa shape index (κ2) is 8.93. The first-order valence-electron chi connectivity index (χ1n) is 8.15. The Labute approximate surface area is 120 Å². The van der Waals surface area contributed by atoms with Gasteiger partial charge in [-0.15, -0.1) is 0 Å². The van der Waals surface area contributed by atoms with Gasteiger partial charge in [0.15, 0.2) is 0 Å². The van der Waals surface area contributed by atoms with Crippen LogP contribution in [0.5, 0.6) is 0 Å². The van der Waals surface area contributed by atoms with Gasteiger partial charge in [-0.3, -0.25) is 4.90 Å². The van der Waals surface area contributed by atoms with E-state index in [0.29, 0.717) is 12.1 Å². The van der Waals surface area contributed by atoms with E-state index < -0.39 is 0 Å². The van der Waals surface area contributed by atoms with E-state index in [2.05, 4.69) is 37.7 Å². The Morgan fingerprint density at radius 3 is 2.21 bits per heavy atom. The minimum absolute atomic E-state index is 0.376. The Morgan fingerprint density at radius 1 is 1.00 bits per heavy atom. The largest absolute Gasteiger partial charge is 0.326 e. The van der Waals surface area contributed by atoms with Gasteiger partial charge in [0.05, 0.1) is 0 Å². The molecule has 0 radical (unpaired) electrons. The van der Waals surface area contributed by atoms with Gasteiger partial charge in [0.2, 0.25) is 0 Å². The van der Waals surface area contributed by atoms with E-state index in [1.54, 1.807) is 0 Å². The van der Waals surface area contributed by atoms with Crippen LogP contribution >= 0.6 is 0 Å². The summed E-state index contributed by atoms with van der Waals surface area (Å²) in [5.41, 5.74) is 6.48. The number of likely N-dealkylation sites (N-methyl/N-ethyl adjacent to an activating group) is 1. The van der Waals surface area contributed by atoms with Gasteiger partial charge in [0.25, 0.3) is 0 Å². The van der Waals surface area contributed by atoms with Crippen molar-refractivity contribution >= 4 is 0 Å². The van der Waals surface area contributed by atoms with Crippen molar-refractivity contribution in [3.05, 3.63) is 0 Å². The average molecular weight is 269 g/mol. The Morgan fingerprint density at radius 2 is 1.63 bits per heavy atom. The van der Waals surface area contributed by atoms with Crippen LogP contribution in [0.4, 0.5) is 0 Å². The van der Waals surface area contributed by atoms with Crippen LogP contribution in [0.1, 0.15) is 52.4 Å². The van der Waals surface area contributed by atoms with Gasteiger partial charge in [-0.05, 0) is 32.9 Å². The maximum absolute atomic E-state index is 6.48. The highest BCUT2D eigenvalue weighted by atomic mass is 15.2. The smallest absolute Gasteiger partial charge is 0.0247 e. The van der Waals surface area contributed by atoms with Crippen LogP contribution in [-0.2, 0) is 0 Å². The molecule has 3 heteroatoms. The normalized spacial score (nSPS) is 25.9. The number of nitrogens with two attached hydrogens (primary N) is 1. The molecule has 0 heterocycles. The molecule has 1 fully saturated rings. The predicted octanol–water partition coefficient (Wildman–Crippen LogP) is 2.56. The van der Waals surface area contributed by atoms with Crippen molar-refractivity contribution in [2.24, 2.45) is 11.7 Å². The van der Waals surface area contributed by atoms with Crippen molar-refractivity contribution in [2.45, 2.75) is 64.5 Å². The molecule has 114 valence electrons. The van der Waals surface area contributed by atoms with Gasteiger partial charge >= 0.3 is 0 Å². The van der Waals surface area contributed by atoms with Crippen molar-refractivity contribution in [2.75, 3.05) is 33.7 Å². The molecule has 0 aromatic rings. The van der Waals surface area contributed by atoms with Crippen LogP contribution in [0.2, 0.25) is 0 Å². The summed E-state index contributed by atoms with van der Waals surface area (Å²) >= 11 is 0. The fourth-order valence-corrected chi connectivity index (χ4v) is 3.14. The highest BCUT2D eigenvalue weighted by Crippen LogP contribution is 2.21. The van der Waals surface area contributed by atoms with E-state index in [1.165, 1.54) is 45.1 Å². The summed E-state index contributed by atoms with van der Waals surface area (Å²) in [6.07, 6.45) is 7.95. The zero-order valence-corrected chi connectivity index (χ0v) is 13.6. The lowest BCUT2D eigenvalue weighted by atomic mass is 9.91. The molecule has 0 aromatic carbocycles. The molecule has 0 aromatic heterocycles. The highest BCUT2D eigenvalue weighted by molar-refractivity contribution is 4.84. The molecule has 0 spiro atoms. The van der Waals surface area contributed by atoms with Crippen molar-refractivity contribution in [1.82, 2.24) is 9.80 Å². The summed E-state index contributed by atoms with van der Waals surface area (Å²) in [5, 5.41) is 0. The highest BCUT2D eigenvalue weighted by Gasteiger charge is 2.25. The number of nitrogens with zero attached hydrogens (tertiary/aromatic N) is 2. The molecular weight excluding hydrogens is 234 g/mol. The second-order valence-electron chi connectivity index (χ2n) is 6.91. The van der Waals surface area contributed by atoms with Crippen LogP contribution in [0.15, 0.2) is 0 Å². The fraction of sp³-hybridized carbons (Fsp3) is 1.00. The second-order valence-corrected chi connectivity index (χ2v) is 6.91.